The summed E-state index contributed by atoms with van der Waals surface area (Å²) in [6.07, 6.45) is -0.143. The molecule has 0 radical (unpaired) electrons. The van der Waals surface area contributed by atoms with Crippen molar-refractivity contribution in [2.24, 2.45) is 5.16 Å². The monoisotopic (exact) mass is 189 g/mol. The van der Waals surface area contributed by atoms with Crippen LogP contribution in [-0.4, -0.2) is 33.1 Å². The molecule has 0 atom stereocenters. The average molecular weight is 189 g/mol. The first-order chi connectivity index (χ1) is 6.06. The van der Waals surface area contributed by atoms with E-state index in [9.17, 15) is 9.59 Å². The first-order valence-corrected chi connectivity index (χ1v) is 3.69. The van der Waals surface area contributed by atoms with Crippen LogP contribution in [0.25, 0.3) is 0 Å². The summed E-state index contributed by atoms with van der Waals surface area (Å²) in [5.74, 6) is -2.01. The van der Waals surface area contributed by atoms with Crippen molar-refractivity contribution in [1.82, 2.24) is 0 Å². The van der Waals surface area contributed by atoms with E-state index < -0.39 is 11.9 Å². The van der Waals surface area contributed by atoms with Crippen LogP contribution < -0.4 is 0 Å². The van der Waals surface area contributed by atoms with Gasteiger partial charge in [-0.1, -0.05) is 5.16 Å². The lowest BCUT2D eigenvalue weighted by Gasteiger charge is -1.99. The normalized spacial score (nSPS) is 9.23. The molecule has 0 spiro atoms. The molecule has 0 saturated carbocycles. The van der Waals surface area contributed by atoms with Crippen molar-refractivity contribution in [3.05, 3.63) is 0 Å². The number of hydrogen-bond acceptors (Lipinski definition) is 4. The fourth-order valence-corrected chi connectivity index (χ4v) is 0.727. The van der Waals surface area contributed by atoms with Crippen LogP contribution in [0.4, 0.5) is 0 Å². The highest BCUT2D eigenvalue weighted by Crippen LogP contribution is 2.01. The first-order valence-electron chi connectivity index (χ1n) is 3.69. The molecular weight excluding hydrogens is 178 g/mol. The molecule has 6 heteroatoms. The van der Waals surface area contributed by atoms with E-state index in [1.54, 1.807) is 0 Å². The molecule has 0 heterocycles. The summed E-state index contributed by atoms with van der Waals surface area (Å²) in [5.41, 5.74) is 0.199. The largest absolute Gasteiger partial charge is 0.481 e. The maximum Gasteiger partial charge on any atom is 0.303 e. The molecule has 0 aromatic heterocycles. The minimum absolute atomic E-state index is 0.0825. The third-order valence-electron chi connectivity index (χ3n) is 1.40. The van der Waals surface area contributed by atoms with Crippen molar-refractivity contribution in [2.75, 3.05) is 0 Å². The Labute approximate surface area is 74.5 Å². The Hall–Kier alpha value is -1.59. The van der Waals surface area contributed by atoms with E-state index in [0.29, 0.717) is 0 Å². The molecule has 0 aliphatic carbocycles. The molecule has 0 fully saturated rings. The van der Waals surface area contributed by atoms with Crippen LogP contribution in [0.2, 0.25) is 0 Å². The molecule has 0 rings (SSSR count). The highest BCUT2D eigenvalue weighted by Gasteiger charge is 2.06. The van der Waals surface area contributed by atoms with Crippen molar-refractivity contribution >= 4 is 17.7 Å². The molecule has 0 aromatic carbocycles. The highest BCUT2D eigenvalue weighted by molar-refractivity contribution is 5.88. The van der Waals surface area contributed by atoms with Crippen LogP contribution in [0.3, 0.4) is 0 Å². The molecule has 13 heavy (non-hydrogen) atoms. The third-order valence-corrected chi connectivity index (χ3v) is 1.40. The molecule has 0 amide bonds. The van der Waals surface area contributed by atoms with Crippen LogP contribution in [-0.2, 0) is 9.59 Å². The second kappa shape index (κ2) is 5.99. The molecule has 0 aliphatic rings. The Morgan fingerprint density at radius 3 is 1.54 bits per heavy atom. The first kappa shape index (κ1) is 11.4. The van der Waals surface area contributed by atoms with Gasteiger partial charge >= 0.3 is 11.9 Å². The smallest absolute Gasteiger partial charge is 0.303 e. The van der Waals surface area contributed by atoms with Gasteiger partial charge in [0, 0.05) is 0 Å². The molecule has 0 aliphatic heterocycles. The SMILES string of the molecule is O=C(O)CCC(CCC(=O)O)=NO. The van der Waals surface area contributed by atoms with Crippen LogP contribution in [0.5, 0.6) is 0 Å². The fraction of sp³-hybridized carbons (Fsp3) is 0.571. The van der Waals surface area contributed by atoms with Crippen molar-refractivity contribution in [1.29, 1.82) is 0 Å². The number of carbonyl (C=O) groups is 2. The number of aliphatic carboxylic acids is 2. The van der Waals surface area contributed by atoms with Gasteiger partial charge in [-0.3, -0.25) is 9.59 Å². The van der Waals surface area contributed by atoms with E-state index in [-0.39, 0.29) is 31.4 Å². The Bertz CT molecular complexity index is 203. The molecule has 0 aromatic rings. The predicted octanol–water partition coefficient (Wildman–Crippen LogP) is 0.546. The fourth-order valence-electron chi connectivity index (χ4n) is 0.727. The second-order valence-electron chi connectivity index (χ2n) is 2.45. The van der Waals surface area contributed by atoms with Gasteiger partial charge in [0.25, 0.3) is 0 Å². The van der Waals surface area contributed by atoms with Gasteiger partial charge in [-0.2, -0.15) is 0 Å². The van der Waals surface area contributed by atoms with E-state index in [1.165, 1.54) is 0 Å². The maximum absolute atomic E-state index is 10.1. The minimum Gasteiger partial charge on any atom is -0.481 e. The van der Waals surface area contributed by atoms with E-state index in [0.717, 1.165) is 0 Å². The zero-order chi connectivity index (χ0) is 10.3. The summed E-state index contributed by atoms with van der Waals surface area (Å²) in [5, 5.41) is 27.7. The van der Waals surface area contributed by atoms with Gasteiger partial charge in [0.1, 0.15) is 0 Å². The third kappa shape index (κ3) is 6.79. The summed E-state index contributed by atoms with van der Waals surface area (Å²) >= 11 is 0. The molecule has 0 bridgehead atoms. The summed E-state index contributed by atoms with van der Waals surface area (Å²) in [7, 11) is 0. The standard InChI is InChI=1S/C7H11NO5/c9-6(10)3-1-5(8-13)2-4-7(11)12/h13H,1-4H2,(H,9,10)(H,11,12). The quantitative estimate of drug-likeness (QED) is 0.321. The molecule has 3 N–H and O–H groups in total. The van der Waals surface area contributed by atoms with Gasteiger partial charge in [-0.05, 0) is 12.8 Å². The van der Waals surface area contributed by atoms with Gasteiger partial charge in [0.2, 0.25) is 0 Å². The summed E-state index contributed by atoms with van der Waals surface area (Å²) < 4.78 is 0. The molecule has 6 nitrogen and oxygen atoms in total. The van der Waals surface area contributed by atoms with Gasteiger partial charge in [0.15, 0.2) is 0 Å². The molecule has 0 saturated heterocycles. The van der Waals surface area contributed by atoms with Crippen molar-refractivity contribution in [3.8, 4) is 0 Å². The molecule has 0 unspecified atom stereocenters. The number of carboxylic acids is 2. The summed E-state index contributed by atoms with van der Waals surface area (Å²) in [6, 6.07) is 0. The lowest BCUT2D eigenvalue weighted by molar-refractivity contribution is -0.137. The Morgan fingerprint density at radius 2 is 1.31 bits per heavy atom. The average Bonchev–Trinajstić information content (AvgIpc) is 2.04. The Morgan fingerprint density at radius 1 is 0.923 bits per heavy atom. The van der Waals surface area contributed by atoms with Gasteiger partial charge in [-0.25, -0.2) is 0 Å². The number of rotatable bonds is 6. The number of oxime groups is 1. The van der Waals surface area contributed by atoms with E-state index in [2.05, 4.69) is 5.16 Å². The lowest BCUT2D eigenvalue weighted by atomic mass is 10.1. The van der Waals surface area contributed by atoms with Gasteiger partial charge in [0.05, 0.1) is 18.6 Å². The van der Waals surface area contributed by atoms with E-state index >= 15 is 0 Å². The summed E-state index contributed by atoms with van der Waals surface area (Å²) in [6.45, 7) is 0. The topological polar surface area (TPSA) is 107 Å². The van der Waals surface area contributed by atoms with E-state index in [1.807, 2.05) is 0 Å². The Kier molecular flexibility index (Phi) is 5.25. The van der Waals surface area contributed by atoms with Crippen molar-refractivity contribution < 1.29 is 25.0 Å². The van der Waals surface area contributed by atoms with Crippen LogP contribution in [0.15, 0.2) is 5.16 Å². The summed E-state index contributed by atoms with van der Waals surface area (Å²) in [4.78, 5) is 20.2. The molecule has 74 valence electrons. The minimum atomic E-state index is -1.00. The van der Waals surface area contributed by atoms with Crippen molar-refractivity contribution in [3.63, 3.8) is 0 Å². The number of nitrogens with zero attached hydrogens (tertiary/aromatic N) is 1. The van der Waals surface area contributed by atoms with Crippen molar-refractivity contribution in [2.45, 2.75) is 25.7 Å². The van der Waals surface area contributed by atoms with Gasteiger partial charge < -0.3 is 15.4 Å². The van der Waals surface area contributed by atoms with Gasteiger partial charge in [-0.15, -0.1) is 0 Å². The number of carboxylic acid groups (broad SMARTS) is 2. The Balaban J connectivity index is 3.78. The zero-order valence-corrected chi connectivity index (χ0v) is 6.93. The van der Waals surface area contributed by atoms with E-state index in [4.69, 9.17) is 15.4 Å². The second-order valence-corrected chi connectivity index (χ2v) is 2.45. The zero-order valence-electron chi connectivity index (χ0n) is 6.93. The lowest BCUT2D eigenvalue weighted by Crippen LogP contribution is -2.06. The predicted molar refractivity (Wildman–Crippen MR) is 43.0 cm³/mol. The van der Waals surface area contributed by atoms with Crippen LogP contribution >= 0.6 is 0 Å². The van der Waals surface area contributed by atoms with Crippen LogP contribution in [0.1, 0.15) is 25.7 Å². The maximum atomic E-state index is 10.1. The number of hydrogen-bond donors (Lipinski definition) is 3. The highest BCUT2D eigenvalue weighted by atomic mass is 16.4. The van der Waals surface area contributed by atoms with Crippen LogP contribution in [0, 0.1) is 0 Å². The molecular formula is C7H11NO5.